The molecule has 1 saturated carbocycles. The third-order valence-corrected chi connectivity index (χ3v) is 5.68. The lowest BCUT2D eigenvalue weighted by Crippen LogP contribution is -2.27. The van der Waals surface area contributed by atoms with Gasteiger partial charge >= 0.3 is 0 Å². The monoisotopic (exact) mass is 253 g/mol. The highest BCUT2D eigenvalue weighted by molar-refractivity contribution is 7.99. The Morgan fingerprint density at radius 2 is 2.24 bits per heavy atom. The molecular formula is C14H23NOS. The first-order chi connectivity index (χ1) is 8.33. The fourth-order valence-corrected chi connectivity index (χ4v) is 4.48. The Bertz CT molecular complexity index is 270. The van der Waals surface area contributed by atoms with Gasteiger partial charge in [-0.05, 0) is 38.0 Å². The van der Waals surface area contributed by atoms with Crippen molar-refractivity contribution < 1.29 is 4.74 Å². The highest BCUT2D eigenvalue weighted by atomic mass is 32.2. The molecule has 2 aliphatic rings. The van der Waals surface area contributed by atoms with Crippen LogP contribution in [0.15, 0.2) is 0 Å². The van der Waals surface area contributed by atoms with Gasteiger partial charge in [-0.2, -0.15) is 17.0 Å². The molecule has 17 heavy (non-hydrogen) atoms. The summed E-state index contributed by atoms with van der Waals surface area (Å²) in [6, 6.07) is 2.51. The third-order valence-electron chi connectivity index (χ3n) is 4.16. The molecular weight excluding hydrogens is 230 g/mol. The van der Waals surface area contributed by atoms with Crippen molar-refractivity contribution in [1.82, 2.24) is 0 Å². The van der Waals surface area contributed by atoms with Gasteiger partial charge < -0.3 is 4.74 Å². The quantitative estimate of drug-likeness (QED) is 0.767. The van der Waals surface area contributed by atoms with Crippen LogP contribution in [0, 0.1) is 23.2 Å². The van der Waals surface area contributed by atoms with Gasteiger partial charge in [0.25, 0.3) is 0 Å². The Kier molecular flexibility index (Phi) is 5.18. The van der Waals surface area contributed by atoms with Crippen molar-refractivity contribution in [2.24, 2.45) is 11.8 Å². The average molecular weight is 253 g/mol. The maximum absolute atomic E-state index is 9.22. The maximum atomic E-state index is 9.22. The summed E-state index contributed by atoms with van der Waals surface area (Å²) in [7, 11) is 0. The minimum Gasteiger partial charge on any atom is -0.377 e. The van der Waals surface area contributed by atoms with Crippen LogP contribution in [0.2, 0.25) is 0 Å². The molecule has 1 saturated heterocycles. The van der Waals surface area contributed by atoms with Crippen LogP contribution in [0.1, 0.15) is 45.4 Å². The number of nitrogens with zero attached hydrogens (tertiary/aromatic N) is 1. The van der Waals surface area contributed by atoms with Crippen molar-refractivity contribution in [3.05, 3.63) is 0 Å². The lowest BCUT2D eigenvalue weighted by molar-refractivity contribution is 0.128. The number of nitriles is 1. The molecule has 1 heterocycles. The molecule has 0 spiro atoms. The molecule has 1 aliphatic carbocycles. The van der Waals surface area contributed by atoms with Crippen molar-refractivity contribution in [2.75, 3.05) is 12.4 Å². The molecule has 96 valence electrons. The number of hydrogen-bond donors (Lipinski definition) is 0. The van der Waals surface area contributed by atoms with E-state index in [1.165, 1.54) is 32.1 Å². The summed E-state index contributed by atoms with van der Waals surface area (Å²) in [5, 5.41) is 9.78. The molecule has 0 N–H and O–H groups in total. The van der Waals surface area contributed by atoms with Crippen molar-refractivity contribution in [2.45, 2.75) is 56.8 Å². The van der Waals surface area contributed by atoms with Gasteiger partial charge in [-0.25, -0.2) is 0 Å². The molecule has 0 bridgehead atoms. The van der Waals surface area contributed by atoms with Gasteiger partial charge in [0.1, 0.15) is 0 Å². The minimum atomic E-state index is 0.282. The van der Waals surface area contributed by atoms with E-state index in [9.17, 15) is 5.26 Å². The number of rotatable bonds is 4. The zero-order chi connectivity index (χ0) is 12.1. The molecule has 4 unspecified atom stereocenters. The molecule has 0 radical (unpaired) electrons. The summed E-state index contributed by atoms with van der Waals surface area (Å²) in [5.41, 5.74) is 0. The largest absolute Gasteiger partial charge is 0.377 e. The van der Waals surface area contributed by atoms with Gasteiger partial charge in [0.2, 0.25) is 0 Å². The molecule has 0 aromatic heterocycles. The molecule has 0 amide bonds. The zero-order valence-corrected chi connectivity index (χ0v) is 11.5. The van der Waals surface area contributed by atoms with E-state index in [1.807, 2.05) is 11.8 Å². The number of hydrogen-bond acceptors (Lipinski definition) is 3. The minimum absolute atomic E-state index is 0.282. The van der Waals surface area contributed by atoms with Crippen LogP contribution in [0.25, 0.3) is 0 Å². The Labute approximate surface area is 109 Å². The second kappa shape index (κ2) is 6.66. The third kappa shape index (κ3) is 3.63. The Hall–Kier alpha value is -0.200. The first kappa shape index (κ1) is 13.2. The summed E-state index contributed by atoms with van der Waals surface area (Å²) in [4.78, 5) is 0. The predicted octanol–water partition coefficient (Wildman–Crippen LogP) is 3.62. The maximum Gasteiger partial charge on any atom is 0.0667 e. The van der Waals surface area contributed by atoms with Gasteiger partial charge in [0, 0.05) is 17.6 Å². The van der Waals surface area contributed by atoms with Crippen molar-refractivity contribution >= 4 is 11.8 Å². The van der Waals surface area contributed by atoms with Gasteiger partial charge in [0.15, 0.2) is 0 Å². The van der Waals surface area contributed by atoms with Crippen LogP contribution < -0.4 is 0 Å². The molecule has 3 heteroatoms. The normalized spacial score (nSPS) is 37.9. The Morgan fingerprint density at radius 3 is 2.88 bits per heavy atom. The SMILES string of the molecule is CCC1CCC(C#N)C(SCC2CCCO2)C1. The predicted molar refractivity (Wildman–Crippen MR) is 72.0 cm³/mol. The van der Waals surface area contributed by atoms with Gasteiger partial charge in [0.05, 0.1) is 18.1 Å². The molecule has 0 aromatic carbocycles. The first-order valence-corrected chi connectivity index (χ1v) is 8.01. The summed E-state index contributed by atoms with van der Waals surface area (Å²) in [5.74, 6) is 2.23. The molecule has 1 aliphatic heterocycles. The highest BCUT2D eigenvalue weighted by Gasteiger charge is 2.31. The van der Waals surface area contributed by atoms with E-state index < -0.39 is 0 Å². The van der Waals surface area contributed by atoms with Crippen LogP contribution in [0.5, 0.6) is 0 Å². The molecule has 2 fully saturated rings. The number of thioether (sulfide) groups is 1. The van der Waals surface area contributed by atoms with Crippen molar-refractivity contribution in [1.29, 1.82) is 5.26 Å². The standard InChI is InChI=1S/C14H23NOS/c1-2-11-5-6-12(9-15)14(8-11)17-10-13-4-3-7-16-13/h11-14H,2-8,10H2,1H3. The van der Waals surface area contributed by atoms with E-state index >= 15 is 0 Å². The molecule has 2 nitrogen and oxygen atoms in total. The second-order valence-corrected chi connectivity index (χ2v) is 6.60. The second-order valence-electron chi connectivity index (χ2n) is 5.33. The Balaban J connectivity index is 1.80. The highest BCUT2D eigenvalue weighted by Crippen LogP contribution is 2.38. The Morgan fingerprint density at radius 1 is 1.35 bits per heavy atom. The van der Waals surface area contributed by atoms with Gasteiger partial charge in [-0.3, -0.25) is 0 Å². The first-order valence-electron chi connectivity index (χ1n) is 6.96. The fraction of sp³-hybridized carbons (Fsp3) is 0.929. The smallest absolute Gasteiger partial charge is 0.0667 e. The average Bonchev–Trinajstić information content (AvgIpc) is 2.89. The summed E-state index contributed by atoms with van der Waals surface area (Å²) in [6.07, 6.45) is 7.77. The van der Waals surface area contributed by atoms with E-state index in [0.717, 1.165) is 24.7 Å². The van der Waals surface area contributed by atoms with E-state index in [0.29, 0.717) is 11.4 Å². The van der Waals surface area contributed by atoms with E-state index in [4.69, 9.17) is 4.74 Å². The topological polar surface area (TPSA) is 33.0 Å². The lowest BCUT2D eigenvalue weighted by Gasteiger charge is -2.32. The van der Waals surface area contributed by atoms with Crippen molar-refractivity contribution in [3.63, 3.8) is 0 Å². The van der Waals surface area contributed by atoms with E-state index in [1.54, 1.807) is 0 Å². The fourth-order valence-electron chi connectivity index (χ4n) is 2.92. The van der Waals surface area contributed by atoms with Crippen LogP contribution in [0.3, 0.4) is 0 Å². The van der Waals surface area contributed by atoms with E-state index in [-0.39, 0.29) is 5.92 Å². The lowest BCUT2D eigenvalue weighted by atomic mass is 9.81. The number of ether oxygens (including phenoxy) is 1. The summed E-state index contributed by atoms with van der Waals surface area (Å²) >= 11 is 2.00. The van der Waals surface area contributed by atoms with Crippen LogP contribution in [-0.2, 0) is 4.74 Å². The van der Waals surface area contributed by atoms with E-state index in [2.05, 4.69) is 13.0 Å². The molecule has 0 aromatic rings. The molecule has 2 rings (SSSR count). The van der Waals surface area contributed by atoms with Crippen molar-refractivity contribution in [3.8, 4) is 6.07 Å². The van der Waals surface area contributed by atoms with Crippen LogP contribution in [0.4, 0.5) is 0 Å². The van der Waals surface area contributed by atoms with Gasteiger partial charge in [-0.15, -0.1) is 0 Å². The summed E-state index contributed by atoms with van der Waals surface area (Å²) < 4.78 is 5.66. The summed E-state index contributed by atoms with van der Waals surface area (Å²) in [6.45, 7) is 3.22. The molecule has 4 atom stereocenters. The van der Waals surface area contributed by atoms with Crippen LogP contribution in [-0.4, -0.2) is 23.7 Å². The van der Waals surface area contributed by atoms with Crippen LogP contribution >= 0.6 is 11.8 Å². The van der Waals surface area contributed by atoms with Gasteiger partial charge in [-0.1, -0.05) is 13.3 Å². The zero-order valence-electron chi connectivity index (χ0n) is 10.7.